The topological polar surface area (TPSA) is 92.5 Å². The van der Waals surface area contributed by atoms with Gasteiger partial charge in [-0.15, -0.1) is 0 Å². The summed E-state index contributed by atoms with van der Waals surface area (Å²) in [6, 6.07) is 10.9. The molecule has 0 aliphatic rings. The predicted molar refractivity (Wildman–Crippen MR) is 102 cm³/mol. The number of benzene rings is 1. The van der Waals surface area contributed by atoms with E-state index in [2.05, 4.69) is 22.2 Å². The first-order valence-electron chi connectivity index (χ1n) is 8.41. The zero-order valence-corrected chi connectivity index (χ0v) is 14.9. The molecule has 0 aliphatic carbocycles. The van der Waals surface area contributed by atoms with Gasteiger partial charge in [0, 0.05) is 31.2 Å². The maximum Gasteiger partial charge on any atom is 0.315 e. The van der Waals surface area contributed by atoms with Gasteiger partial charge in [-0.3, -0.25) is 14.9 Å². The van der Waals surface area contributed by atoms with Crippen LogP contribution in [0, 0.1) is 0 Å². The van der Waals surface area contributed by atoms with E-state index in [1.807, 2.05) is 31.2 Å². The van der Waals surface area contributed by atoms with Crippen molar-refractivity contribution in [2.75, 3.05) is 18.8 Å². The van der Waals surface area contributed by atoms with E-state index < -0.39 is 0 Å². The number of urea groups is 1. The zero-order chi connectivity index (χ0) is 18.8. The molecular formula is C19H25N5O2. The van der Waals surface area contributed by atoms with Crippen LogP contribution in [-0.2, 0) is 18.0 Å². The van der Waals surface area contributed by atoms with Crippen molar-refractivity contribution in [3.8, 4) is 0 Å². The first-order chi connectivity index (χ1) is 12.6. The molecule has 0 fully saturated rings. The van der Waals surface area contributed by atoms with Crippen molar-refractivity contribution in [1.29, 1.82) is 0 Å². The molecule has 1 aromatic heterocycles. The fourth-order valence-electron chi connectivity index (χ4n) is 2.19. The van der Waals surface area contributed by atoms with E-state index in [1.165, 1.54) is 0 Å². The molecular weight excluding hydrogens is 330 g/mol. The smallest absolute Gasteiger partial charge is 0.315 e. The normalized spacial score (nSPS) is 10.2. The average molecular weight is 355 g/mol. The SMILES string of the molecule is C=C(CNC(=O)NCc1ccc(N)cc1)N(CC)OCc1ccncc1. The van der Waals surface area contributed by atoms with E-state index in [0.29, 0.717) is 31.1 Å². The number of likely N-dealkylation sites (N-methyl/N-ethyl adjacent to an activating group) is 1. The minimum absolute atomic E-state index is 0.270. The van der Waals surface area contributed by atoms with Crippen molar-refractivity contribution >= 4 is 11.7 Å². The van der Waals surface area contributed by atoms with Gasteiger partial charge in [0.2, 0.25) is 0 Å². The van der Waals surface area contributed by atoms with Crippen LogP contribution in [0.3, 0.4) is 0 Å². The van der Waals surface area contributed by atoms with Gasteiger partial charge in [-0.25, -0.2) is 4.79 Å². The molecule has 2 aromatic rings. The Labute approximate surface area is 153 Å². The van der Waals surface area contributed by atoms with Gasteiger partial charge in [0.15, 0.2) is 0 Å². The lowest BCUT2D eigenvalue weighted by Gasteiger charge is -2.24. The summed E-state index contributed by atoms with van der Waals surface area (Å²) in [7, 11) is 0. The van der Waals surface area contributed by atoms with Crippen LogP contribution < -0.4 is 16.4 Å². The number of amides is 2. The van der Waals surface area contributed by atoms with Crippen LogP contribution >= 0.6 is 0 Å². The number of hydrogen-bond donors (Lipinski definition) is 3. The summed E-state index contributed by atoms with van der Waals surface area (Å²) in [5.74, 6) is 0. The lowest BCUT2D eigenvalue weighted by molar-refractivity contribution is -0.139. The molecule has 0 aliphatic heterocycles. The van der Waals surface area contributed by atoms with E-state index in [4.69, 9.17) is 10.6 Å². The third-order valence-corrected chi connectivity index (χ3v) is 3.66. The Morgan fingerprint density at radius 1 is 1.15 bits per heavy atom. The monoisotopic (exact) mass is 355 g/mol. The van der Waals surface area contributed by atoms with Gasteiger partial charge in [-0.05, 0) is 42.3 Å². The molecule has 7 heteroatoms. The second-order valence-corrected chi connectivity index (χ2v) is 5.67. The number of nitrogens with zero attached hydrogens (tertiary/aromatic N) is 2. The number of carbonyl (C=O) groups excluding carboxylic acids is 1. The predicted octanol–water partition coefficient (Wildman–Crippen LogP) is 2.43. The summed E-state index contributed by atoms with van der Waals surface area (Å²) < 4.78 is 0. The molecule has 0 spiro atoms. The highest BCUT2D eigenvalue weighted by atomic mass is 16.7. The van der Waals surface area contributed by atoms with Crippen molar-refractivity contribution in [3.05, 3.63) is 72.2 Å². The maximum absolute atomic E-state index is 11.9. The molecule has 0 radical (unpaired) electrons. The second-order valence-electron chi connectivity index (χ2n) is 5.67. The summed E-state index contributed by atoms with van der Waals surface area (Å²) in [6.45, 7) is 7.68. The van der Waals surface area contributed by atoms with E-state index in [1.54, 1.807) is 29.6 Å². The molecule has 1 heterocycles. The first-order valence-corrected chi connectivity index (χ1v) is 8.41. The third-order valence-electron chi connectivity index (χ3n) is 3.66. The fraction of sp³-hybridized carbons (Fsp3) is 0.263. The average Bonchev–Trinajstić information content (AvgIpc) is 2.67. The second kappa shape index (κ2) is 10.0. The third kappa shape index (κ3) is 6.45. The Morgan fingerprint density at radius 2 is 1.85 bits per heavy atom. The molecule has 138 valence electrons. The number of nitrogen functional groups attached to an aromatic ring is 1. The summed E-state index contributed by atoms with van der Waals surface area (Å²) in [5, 5.41) is 7.23. The van der Waals surface area contributed by atoms with Crippen LogP contribution in [0.4, 0.5) is 10.5 Å². The Hall–Kier alpha value is -3.06. The molecule has 0 saturated heterocycles. The van der Waals surface area contributed by atoms with E-state index in [-0.39, 0.29) is 12.6 Å². The van der Waals surface area contributed by atoms with Gasteiger partial charge in [0.1, 0.15) is 6.61 Å². The van der Waals surface area contributed by atoms with Crippen LogP contribution in [0.15, 0.2) is 61.1 Å². The minimum atomic E-state index is -0.270. The first kappa shape index (κ1) is 19.3. The van der Waals surface area contributed by atoms with Gasteiger partial charge in [0.05, 0.1) is 12.2 Å². The van der Waals surface area contributed by atoms with Crippen molar-refractivity contribution in [3.63, 3.8) is 0 Å². The summed E-state index contributed by atoms with van der Waals surface area (Å²) in [4.78, 5) is 21.6. The van der Waals surface area contributed by atoms with Gasteiger partial charge < -0.3 is 16.4 Å². The quantitative estimate of drug-likeness (QED) is 0.475. The van der Waals surface area contributed by atoms with Gasteiger partial charge in [-0.1, -0.05) is 18.7 Å². The largest absolute Gasteiger partial charge is 0.399 e. The van der Waals surface area contributed by atoms with Crippen LogP contribution in [0.25, 0.3) is 0 Å². The molecule has 2 amide bonds. The number of carbonyl (C=O) groups is 1. The van der Waals surface area contributed by atoms with Crippen molar-refractivity contribution in [2.24, 2.45) is 0 Å². The van der Waals surface area contributed by atoms with Gasteiger partial charge in [0.25, 0.3) is 0 Å². The van der Waals surface area contributed by atoms with E-state index in [0.717, 1.165) is 11.1 Å². The van der Waals surface area contributed by atoms with E-state index in [9.17, 15) is 4.79 Å². The van der Waals surface area contributed by atoms with Crippen molar-refractivity contribution in [1.82, 2.24) is 20.7 Å². The van der Waals surface area contributed by atoms with Crippen molar-refractivity contribution in [2.45, 2.75) is 20.1 Å². The Kier molecular flexibility index (Phi) is 7.45. The molecule has 0 bridgehead atoms. The summed E-state index contributed by atoms with van der Waals surface area (Å²) >= 11 is 0. The van der Waals surface area contributed by atoms with Crippen LogP contribution in [0.2, 0.25) is 0 Å². The van der Waals surface area contributed by atoms with Crippen LogP contribution in [-0.4, -0.2) is 29.2 Å². The Morgan fingerprint density at radius 3 is 2.50 bits per heavy atom. The lowest BCUT2D eigenvalue weighted by atomic mass is 10.2. The number of nitrogens with one attached hydrogen (secondary N) is 2. The molecule has 2 rings (SSSR count). The number of pyridine rings is 1. The van der Waals surface area contributed by atoms with Crippen LogP contribution in [0.1, 0.15) is 18.1 Å². The molecule has 0 saturated carbocycles. The summed E-state index contributed by atoms with van der Waals surface area (Å²) in [5.41, 5.74) is 8.99. The molecule has 1 aromatic carbocycles. The lowest BCUT2D eigenvalue weighted by Crippen LogP contribution is -2.38. The number of hydrogen-bond acceptors (Lipinski definition) is 5. The molecule has 4 N–H and O–H groups in total. The highest BCUT2D eigenvalue weighted by molar-refractivity contribution is 5.74. The number of hydroxylamine groups is 2. The number of anilines is 1. The van der Waals surface area contributed by atoms with Gasteiger partial charge >= 0.3 is 6.03 Å². The molecule has 0 unspecified atom stereocenters. The fourth-order valence-corrected chi connectivity index (χ4v) is 2.19. The van der Waals surface area contributed by atoms with Crippen molar-refractivity contribution < 1.29 is 9.63 Å². The molecule has 26 heavy (non-hydrogen) atoms. The summed E-state index contributed by atoms with van der Waals surface area (Å²) in [6.07, 6.45) is 3.44. The minimum Gasteiger partial charge on any atom is -0.399 e. The number of nitrogens with two attached hydrogens (primary N) is 1. The van der Waals surface area contributed by atoms with E-state index >= 15 is 0 Å². The van der Waals surface area contributed by atoms with Gasteiger partial charge in [-0.2, -0.15) is 0 Å². The highest BCUT2D eigenvalue weighted by Gasteiger charge is 2.08. The zero-order valence-electron chi connectivity index (χ0n) is 14.9. The maximum atomic E-state index is 11.9. The number of rotatable bonds is 9. The standard InChI is InChI=1S/C19H25N5O2/c1-3-24(26-14-17-8-10-21-11-9-17)15(2)12-22-19(25)23-13-16-4-6-18(20)7-5-16/h4-11H,2-3,12-14,20H2,1H3,(H2,22,23,25). The number of aromatic nitrogens is 1. The van der Waals surface area contributed by atoms with Crippen LogP contribution in [0.5, 0.6) is 0 Å². The Balaban J connectivity index is 1.71. The molecule has 0 atom stereocenters. The Bertz CT molecular complexity index is 704. The molecule has 7 nitrogen and oxygen atoms in total. The highest BCUT2D eigenvalue weighted by Crippen LogP contribution is 2.07.